The van der Waals surface area contributed by atoms with Crippen LogP contribution in [0.5, 0.6) is 0 Å². The molecule has 1 unspecified atom stereocenters. The van der Waals surface area contributed by atoms with Crippen molar-refractivity contribution in [2.24, 2.45) is 10.9 Å². The predicted molar refractivity (Wildman–Crippen MR) is 140 cm³/mol. The SMILES string of the molecule is CCNC(=NCc1ccc(CS(=O)(=O)NC(C)C)cc1)NCCC(OCC)C(C)C.I. The molecule has 3 N–H and O–H groups in total. The maximum Gasteiger partial charge on any atom is 0.216 e. The topological polar surface area (TPSA) is 91.8 Å². The zero-order valence-electron chi connectivity index (χ0n) is 19.8. The molecule has 0 aliphatic carbocycles. The number of ether oxygens (including phenoxy) is 1. The molecule has 0 saturated heterocycles. The van der Waals surface area contributed by atoms with E-state index in [1.165, 1.54) is 0 Å². The van der Waals surface area contributed by atoms with E-state index in [0.29, 0.717) is 12.5 Å². The number of hydrogen-bond donors (Lipinski definition) is 3. The van der Waals surface area contributed by atoms with Gasteiger partial charge in [0.2, 0.25) is 10.0 Å². The van der Waals surface area contributed by atoms with E-state index < -0.39 is 10.0 Å². The van der Waals surface area contributed by atoms with E-state index in [0.717, 1.165) is 43.2 Å². The summed E-state index contributed by atoms with van der Waals surface area (Å²) in [6, 6.07) is 7.44. The Hall–Kier alpha value is -0.910. The molecule has 7 nitrogen and oxygen atoms in total. The Bertz CT molecular complexity index is 738. The van der Waals surface area contributed by atoms with Gasteiger partial charge in [0.15, 0.2) is 5.96 Å². The maximum atomic E-state index is 12.1. The van der Waals surface area contributed by atoms with Crippen LogP contribution in [-0.2, 0) is 27.1 Å². The number of halogens is 1. The summed E-state index contributed by atoms with van der Waals surface area (Å²) in [5, 5.41) is 6.63. The highest BCUT2D eigenvalue weighted by Crippen LogP contribution is 2.11. The van der Waals surface area contributed by atoms with Crippen LogP contribution in [0.2, 0.25) is 0 Å². The van der Waals surface area contributed by atoms with E-state index in [4.69, 9.17) is 4.74 Å². The van der Waals surface area contributed by atoms with Gasteiger partial charge in [-0.1, -0.05) is 38.1 Å². The monoisotopic (exact) mass is 568 g/mol. The second-order valence-electron chi connectivity index (χ2n) is 8.00. The van der Waals surface area contributed by atoms with Gasteiger partial charge in [-0.15, -0.1) is 24.0 Å². The molecule has 1 aromatic carbocycles. The largest absolute Gasteiger partial charge is 0.378 e. The Kier molecular flexibility index (Phi) is 15.4. The first-order valence-corrected chi connectivity index (χ1v) is 12.5. The number of guanidine groups is 1. The normalized spacial score (nSPS) is 13.2. The standard InChI is InChI=1S/C22H40N4O3S.HI/c1-7-23-22(24-14-13-21(17(3)4)29-8-2)25-15-19-9-11-20(12-10-19)16-30(27,28)26-18(5)6;/h9-12,17-18,21,26H,7-8,13-16H2,1-6H3,(H2,23,24,25);1H. The minimum absolute atomic E-state index is 0. The quantitative estimate of drug-likeness (QED) is 0.192. The molecule has 0 bridgehead atoms. The van der Waals surface area contributed by atoms with Crippen molar-refractivity contribution in [1.29, 1.82) is 0 Å². The van der Waals surface area contributed by atoms with Crippen LogP contribution >= 0.6 is 24.0 Å². The zero-order valence-corrected chi connectivity index (χ0v) is 22.9. The summed E-state index contributed by atoms with van der Waals surface area (Å²) in [5.74, 6) is 1.23. The van der Waals surface area contributed by atoms with Gasteiger partial charge in [-0.25, -0.2) is 18.1 Å². The van der Waals surface area contributed by atoms with Gasteiger partial charge in [0.05, 0.1) is 18.4 Å². The van der Waals surface area contributed by atoms with Crippen LogP contribution < -0.4 is 15.4 Å². The fraction of sp³-hybridized carbons (Fsp3) is 0.682. The Morgan fingerprint density at radius 1 is 1.03 bits per heavy atom. The van der Waals surface area contributed by atoms with Crippen LogP contribution in [0.1, 0.15) is 59.1 Å². The van der Waals surface area contributed by atoms with E-state index in [-0.39, 0.29) is 41.9 Å². The third-order valence-electron chi connectivity index (χ3n) is 4.40. The first-order valence-electron chi connectivity index (χ1n) is 10.9. The molecule has 31 heavy (non-hydrogen) atoms. The number of nitrogens with one attached hydrogen (secondary N) is 3. The Balaban J connectivity index is 0.00000900. The lowest BCUT2D eigenvalue weighted by molar-refractivity contribution is 0.0258. The van der Waals surface area contributed by atoms with Gasteiger partial charge in [-0.05, 0) is 51.2 Å². The number of aliphatic imine (C=N–C) groups is 1. The maximum absolute atomic E-state index is 12.1. The molecule has 1 aromatic rings. The number of rotatable bonds is 13. The molecule has 1 atom stereocenters. The summed E-state index contributed by atoms with van der Waals surface area (Å²) in [6.45, 7) is 14.8. The molecule has 180 valence electrons. The van der Waals surface area contributed by atoms with Crippen molar-refractivity contribution in [1.82, 2.24) is 15.4 Å². The minimum Gasteiger partial charge on any atom is -0.378 e. The highest BCUT2D eigenvalue weighted by Gasteiger charge is 2.14. The van der Waals surface area contributed by atoms with Crippen LogP contribution in [0.15, 0.2) is 29.3 Å². The summed E-state index contributed by atoms with van der Waals surface area (Å²) >= 11 is 0. The Morgan fingerprint density at radius 2 is 1.65 bits per heavy atom. The van der Waals surface area contributed by atoms with Crippen molar-refractivity contribution >= 4 is 40.0 Å². The third-order valence-corrected chi connectivity index (χ3v) is 5.95. The van der Waals surface area contributed by atoms with Crippen LogP contribution in [0.25, 0.3) is 0 Å². The van der Waals surface area contributed by atoms with Crippen molar-refractivity contribution < 1.29 is 13.2 Å². The van der Waals surface area contributed by atoms with Gasteiger partial charge in [-0.3, -0.25) is 0 Å². The van der Waals surface area contributed by atoms with Gasteiger partial charge in [0.1, 0.15) is 0 Å². The first-order chi connectivity index (χ1) is 14.2. The lowest BCUT2D eigenvalue weighted by Crippen LogP contribution is -2.39. The average Bonchev–Trinajstić information content (AvgIpc) is 2.65. The molecule has 0 fully saturated rings. The molecule has 0 aromatic heterocycles. The van der Waals surface area contributed by atoms with E-state index in [1.807, 2.05) is 52.0 Å². The van der Waals surface area contributed by atoms with Gasteiger partial charge < -0.3 is 15.4 Å². The Labute approximate surface area is 206 Å². The van der Waals surface area contributed by atoms with E-state index in [9.17, 15) is 8.42 Å². The zero-order chi connectivity index (χ0) is 22.6. The number of sulfonamides is 1. The highest BCUT2D eigenvalue weighted by molar-refractivity contribution is 14.0. The second kappa shape index (κ2) is 15.8. The van der Waals surface area contributed by atoms with Gasteiger partial charge >= 0.3 is 0 Å². The fourth-order valence-electron chi connectivity index (χ4n) is 3.03. The van der Waals surface area contributed by atoms with E-state index in [1.54, 1.807) is 0 Å². The first kappa shape index (κ1) is 30.1. The number of hydrogen-bond acceptors (Lipinski definition) is 4. The van der Waals surface area contributed by atoms with Crippen molar-refractivity contribution in [2.75, 3.05) is 19.7 Å². The molecular formula is C22H41IN4O3S. The minimum atomic E-state index is -3.32. The Morgan fingerprint density at radius 3 is 2.16 bits per heavy atom. The second-order valence-corrected chi connectivity index (χ2v) is 9.75. The smallest absolute Gasteiger partial charge is 0.216 e. The van der Waals surface area contributed by atoms with Crippen LogP contribution in [0.3, 0.4) is 0 Å². The van der Waals surface area contributed by atoms with Crippen LogP contribution in [0, 0.1) is 5.92 Å². The molecule has 0 heterocycles. The lowest BCUT2D eigenvalue weighted by Gasteiger charge is -2.21. The summed E-state index contributed by atoms with van der Waals surface area (Å²) < 4.78 is 32.5. The number of benzene rings is 1. The molecule has 0 aliphatic rings. The van der Waals surface area contributed by atoms with Gasteiger partial charge in [0, 0.05) is 25.7 Å². The van der Waals surface area contributed by atoms with E-state index >= 15 is 0 Å². The summed E-state index contributed by atoms with van der Waals surface area (Å²) in [4.78, 5) is 4.64. The molecule has 0 amide bonds. The van der Waals surface area contributed by atoms with Crippen molar-refractivity contribution in [3.63, 3.8) is 0 Å². The molecule has 1 rings (SSSR count). The summed E-state index contributed by atoms with van der Waals surface area (Å²) in [6.07, 6.45) is 1.16. The predicted octanol–water partition coefficient (Wildman–Crippen LogP) is 3.64. The van der Waals surface area contributed by atoms with Crippen molar-refractivity contribution in [2.45, 2.75) is 72.4 Å². The van der Waals surface area contributed by atoms with Crippen molar-refractivity contribution in [3.8, 4) is 0 Å². The van der Waals surface area contributed by atoms with Crippen LogP contribution in [0.4, 0.5) is 0 Å². The summed E-state index contributed by atoms with van der Waals surface area (Å²) in [5.41, 5.74) is 1.79. The van der Waals surface area contributed by atoms with Crippen molar-refractivity contribution in [3.05, 3.63) is 35.4 Å². The highest BCUT2D eigenvalue weighted by atomic mass is 127. The lowest BCUT2D eigenvalue weighted by atomic mass is 10.0. The molecule has 0 aliphatic heterocycles. The average molecular weight is 569 g/mol. The molecular weight excluding hydrogens is 527 g/mol. The molecule has 0 saturated carbocycles. The third kappa shape index (κ3) is 13.3. The molecule has 0 spiro atoms. The molecule has 9 heteroatoms. The van der Waals surface area contributed by atoms with E-state index in [2.05, 4.69) is 34.2 Å². The van der Waals surface area contributed by atoms with Crippen LogP contribution in [-0.4, -0.2) is 46.2 Å². The summed E-state index contributed by atoms with van der Waals surface area (Å²) in [7, 11) is -3.32. The molecule has 0 radical (unpaired) electrons. The number of nitrogens with zero attached hydrogens (tertiary/aromatic N) is 1. The van der Waals surface area contributed by atoms with Gasteiger partial charge in [0.25, 0.3) is 0 Å². The van der Waals surface area contributed by atoms with Gasteiger partial charge in [-0.2, -0.15) is 0 Å². The fourth-order valence-corrected chi connectivity index (χ4v) is 4.46.